The first kappa shape index (κ1) is 14.7. The average Bonchev–Trinajstić information content (AvgIpc) is 3.31. The molecular formula is C17H26N2O2. The molecule has 1 saturated carbocycles. The van der Waals surface area contributed by atoms with E-state index in [0.29, 0.717) is 31.7 Å². The van der Waals surface area contributed by atoms with Crippen molar-refractivity contribution in [3.8, 4) is 11.5 Å². The Hall–Kier alpha value is -1.26. The van der Waals surface area contributed by atoms with Gasteiger partial charge in [0.05, 0.1) is 0 Å². The fraction of sp³-hybridized carbons (Fsp3) is 0.647. The van der Waals surface area contributed by atoms with Crippen LogP contribution in [0.4, 0.5) is 0 Å². The molecule has 0 saturated heterocycles. The molecule has 2 N–H and O–H groups in total. The smallest absolute Gasteiger partial charge is 0.161 e. The first-order valence-corrected chi connectivity index (χ1v) is 8.04. The molecular weight excluding hydrogens is 264 g/mol. The van der Waals surface area contributed by atoms with Gasteiger partial charge in [-0.2, -0.15) is 0 Å². The van der Waals surface area contributed by atoms with E-state index in [2.05, 4.69) is 30.9 Å². The lowest BCUT2D eigenvalue weighted by Crippen LogP contribution is -2.38. The van der Waals surface area contributed by atoms with Crippen molar-refractivity contribution in [1.29, 1.82) is 0 Å². The Morgan fingerprint density at radius 2 is 1.90 bits per heavy atom. The summed E-state index contributed by atoms with van der Waals surface area (Å²) in [5, 5.41) is 0. The number of hydrogen-bond acceptors (Lipinski definition) is 4. The van der Waals surface area contributed by atoms with Crippen LogP contribution >= 0.6 is 0 Å². The largest absolute Gasteiger partial charge is 0.486 e. The molecule has 0 aromatic heterocycles. The number of benzene rings is 1. The Morgan fingerprint density at radius 1 is 1.19 bits per heavy atom. The lowest BCUT2D eigenvalue weighted by Gasteiger charge is -2.33. The summed E-state index contributed by atoms with van der Waals surface area (Å²) in [5.74, 6) is 2.36. The maximum Gasteiger partial charge on any atom is 0.161 e. The molecule has 4 heteroatoms. The summed E-state index contributed by atoms with van der Waals surface area (Å²) >= 11 is 0. The number of nitrogens with two attached hydrogens (primary N) is 1. The summed E-state index contributed by atoms with van der Waals surface area (Å²) in [6.45, 7) is 7.54. The van der Waals surface area contributed by atoms with Crippen LogP contribution in [0.5, 0.6) is 11.5 Å². The van der Waals surface area contributed by atoms with E-state index >= 15 is 0 Å². The zero-order chi connectivity index (χ0) is 14.8. The van der Waals surface area contributed by atoms with Gasteiger partial charge in [0.1, 0.15) is 13.2 Å². The lowest BCUT2D eigenvalue weighted by atomic mass is 10.0. The molecule has 21 heavy (non-hydrogen) atoms. The maximum atomic E-state index is 6.11. The molecule has 3 rings (SSSR count). The molecule has 0 radical (unpaired) electrons. The zero-order valence-corrected chi connectivity index (χ0v) is 13.0. The van der Waals surface area contributed by atoms with Gasteiger partial charge in [0.15, 0.2) is 11.5 Å². The molecule has 1 fully saturated rings. The molecule has 1 atom stereocenters. The Balaban J connectivity index is 1.84. The minimum atomic E-state index is 0.274. The van der Waals surface area contributed by atoms with E-state index in [1.807, 2.05) is 6.07 Å². The predicted octanol–water partition coefficient (Wildman–Crippen LogP) is 2.58. The van der Waals surface area contributed by atoms with Crippen molar-refractivity contribution in [3.63, 3.8) is 0 Å². The van der Waals surface area contributed by atoms with Crippen LogP contribution in [-0.4, -0.2) is 37.2 Å². The average molecular weight is 290 g/mol. The number of hydrogen-bond donors (Lipinski definition) is 1. The van der Waals surface area contributed by atoms with Gasteiger partial charge in [-0.3, -0.25) is 4.90 Å². The molecule has 116 valence electrons. The highest BCUT2D eigenvalue weighted by Crippen LogP contribution is 2.38. The third kappa shape index (κ3) is 3.33. The second-order valence-electron chi connectivity index (χ2n) is 6.48. The number of rotatable bonds is 6. The summed E-state index contributed by atoms with van der Waals surface area (Å²) in [6, 6.07) is 7.25. The van der Waals surface area contributed by atoms with Crippen molar-refractivity contribution in [2.45, 2.75) is 38.8 Å². The lowest BCUT2D eigenvalue weighted by molar-refractivity contribution is 0.162. The summed E-state index contributed by atoms with van der Waals surface area (Å²) in [5.41, 5.74) is 7.35. The normalized spacial score (nSPS) is 19.1. The van der Waals surface area contributed by atoms with Crippen molar-refractivity contribution in [1.82, 2.24) is 4.90 Å². The van der Waals surface area contributed by atoms with E-state index in [1.54, 1.807) is 0 Å². The number of ether oxygens (including phenoxy) is 2. The van der Waals surface area contributed by atoms with Gasteiger partial charge in [0, 0.05) is 25.2 Å². The quantitative estimate of drug-likeness (QED) is 0.875. The molecule has 0 spiro atoms. The first-order valence-electron chi connectivity index (χ1n) is 8.04. The van der Waals surface area contributed by atoms with E-state index in [4.69, 9.17) is 15.2 Å². The summed E-state index contributed by atoms with van der Waals surface area (Å²) < 4.78 is 11.3. The Labute approximate surface area is 127 Å². The molecule has 1 aromatic carbocycles. The van der Waals surface area contributed by atoms with Crippen molar-refractivity contribution in [2.75, 3.05) is 26.3 Å². The molecule has 4 nitrogen and oxygen atoms in total. The molecule has 0 amide bonds. The molecule has 1 unspecified atom stereocenters. The number of fused-ring (bicyclic) bond motifs is 1. The standard InChI is InChI=1S/C17H26N2O2/c1-12(2)11-19(14-4-5-14)15(10-18)13-3-6-16-17(9-13)21-8-7-20-16/h3,6,9,12,14-15H,4-5,7-8,10-11,18H2,1-2H3. The van der Waals surface area contributed by atoms with Crippen molar-refractivity contribution < 1.29 is 9.47 Å². The Kier molecular flexibility index (Phi) is 4.36. The van der Waals surface area contributed by atoms with Gasteiger partial charge in [0.2, 0.25) is 0 Å². The summed E-state index contributed by atoms with van der Waals surface area (Å²) in [6.07, 6.45) is 2.60. The second kappa shape index (κ2) is 6.24. The van der Waals surface area contributed by atoms with Crippen molar-refractivity contribution in [2.24, 2.45) is 11.7 Å². The molecule has 1 aliphatic heterocycles. The van der Waals surface area contributed by atoms with E-state index in [0.717, 1.165) is 18.0 Å². The van der Waals surface area contributed by atoms with E-state index in [-0.39, 0.29) is 6.04 Å². The Bertz CT molecular complexity index is 486. The van der Waals surface area contributed by atoms with Gasteiger partial charge in [0.25, 0.3) is 0 Å². The van der Waals surface area contributed by atoms with Gasteiger partial charge in [-0.1, -0.05) is 19.9 Å². The SMILES string of the molecule is CC(C)CN(C1CC1)C(CN)c1ccc2c(c1)OCCO2. The molecule has 1 aliphatic carbocycles. The molecule has 1 aromatic rings. The van der Waals surface area contributed by atoms with E-state index in [1.165, 1.54) is 18.4 Å². The van der Waals surface area contributed by atoms with Crippen LogP contribution in [0.3, 0.4) is 0 Å². The summed E-state index contributed by atoms with van der Waals surface area (Å²) in [7, 11) is 0. The fourth-order valence-electron chi connectivity index (χ4n) is 3.09. The van der Waals surface area contributed by atoms with Crippen molar-refractivity contribution in [3.05, 3.63) is 23.8 Å². The molecule has 2 aliphatic rings. The van der Waals surface area contributed by atoms with Crippen molar-refractivity contribution >= 4 is 0 Å². The highest BCUT2D eigenvalue weighted by atomic mass is 16.6. The van der Waals surface area contributed by atoms with Crippen LogP contribution in [0.1, 0.15) is 38.3 Å². The van der Waals surface area contributed by atoms with Crippen LogP contribution in [0.15, 0.2) is 18.2 Å². The fourth-order valence-corrected chi connectivity index (χ4v) is 3.09. The zero-order valence-electron chi connectivity index (χ0n) is 13.0. The number of nitrogens with zero attached hydrogens (tertiary/aromatic N) is 1. The minimum absolute atomic E-state index is 0.274. The van der Waals surface area contributed by atoms with Gasteiger partial charge >= 0.3 is 0 Å². The van der Waals surface area contributed by atoms with Gasteiger partial charge in [-0.25, -0.2) is 0 Å². The van der Waals surface area contributed by atoms with Crippen LogP contribution in [0, 0.1) is 5.92 Å². The highest BCUT2D eigenvalue weighted by molar-refractivity contribution is 5.44. The van der Waals surface area contributed by atoms with Crippen LogP contribution in [0.25, 0.3) is 0 Å². The molecule has 0 bridgehead atoms. The van der Waals surface area contributed by atoms with E-state index < -0.39 is 0 Å². The topological polar surface area (TPSA) is 47.7 Å². The Morgan fingerprint density at radius 3 is 2.52 bits per heavy atom. The predicted molar refractivity (Wildman–Crippen MR) is 83.8 cm³/mol. The molecule has 1 heterocycles. The van der Waals surface area contributed by atoms with E-state index in [9.17, 15) is 0 Å². The first-order chi connectivity index (χ1) is 10.2. The third-order valence-electron chi connectivity index (χ3n) is 4.17. The maximum absolute atomic E-state index is 6.11. The monoisotopic (exact) mass is 290 g/mol. The second-order valence-corrected chi connectivity index (χ2v) is 6.48. The summed E-state index contributed by atoms with van der Waals surface area (Å²) in [4.78, 5) is 2.58. The van der Waals surface area contributed by atoms with Gasteiger partial charge < -0.3 is 15.2 Å². The van der Waals surface area contributed by atoms with Gasteiger partial charge in [-0.15, -0.1) is 0 Å². The van der Waals surface area contributed by atoms with Crippen LogP contribution in [-0.2, 0) is 0 Å². The minimum Gasteiger partial charge on any atom is -0.486 e. The van der Waals surface area contributed by atoms with Gasteiger partial charge in [-0.05, 0) is 36.5 Å². The van der Waals surface area contributed by atoms with Crippen LogP contribution in [0.2, 0.25) is 0 Å². The van der Waals surface area contributed by atoms with Crippen LogP contribution < -0.4 is 15.2 Å². The highest BCUT2D eigenvalue weighted by Gasteiger charge is 2.34. The third-order valence-corrected chi connectivity index (χ3v) is 4.17.